The first-order chi connectivity index (χ1) is 10.7. The van der Waals surface area contributed by atoms with Crippen molar-refractivity contribution in [1.29, 1.82) is 0 Å². The van der Waals surface area contributed by atoms with E-state index >= 15 is 0 Å². The summed E-state index contributed by atoms with van der Waals surface area (Å²) in [5.41, 5.74) is 0.985. The second kappa shape index (κ2) is 8.54. The van der Waals surface area contributed by atoms with E-state index in [0.29, 0.717) is 25.4 Å². The van der Waals surface area contributed by atoms with Crippen LogP contribution in [-0.4, -0.2) is 49.4 Å². The second-order valence-electron chi connectivity index (χ2n) is 5.73. The molecule has 0 aromatic heterocycles. The van der Waals surface area contributed by atoms with Gasteiger partial charge in [-0.3, -0.25) is 9.59 Å². The Morgan fingerprint density at radius 3 is 2.77 bits per heavy atom. The second-order valence-corrected chi connectivity index (χ2v) is 5.73. The molecule has 22 heavy (non-hydrogen) atoms. The lowest BCUT2D eigenvalue weighted by Gasteiger charge is -2.32. The molecule has 0 spiro atoms. The molecule has 1 aliphatic heterocycles. The van der Waals surface area contributed by atoms with Crippen molar-refractivity contribution in [2.75, 3.05) is 26.7 Å². The highest BCUT2D eigenvalue weighted by atomic mass is 16.2. The SMILES string of the molecule is CNC1CCCN(C(=O)CCNC(=O)Cc2ccccc2)C1. The van der Waals surface area contributed by atoms with E-state index < -0.39 is 0 Å². The smallest absolute Gasteiger partial charge is 0.224 e. The Labute approximate surface area is 132 Å². The maximum absolute atomic E-state index is 12.1. The third kappa shape index (κ3) is 5.15. The maximum atomic E-state index is 12.1. The molecule has 2 N–H and O–H groups in total. The topological polar surface area (TPSA) is 61.4 Å². The van der Waals surface area contributed by atoms with Crippen molar-refractivity contribution in [3.8, 4) is 0 Å². The van der Waals surface area contributed by atoms with Gasteiger partial charge in [-0.05, 0) is 25.5 Å². The van der Waals surface area contributed by atoms with Crippen molar-refractivity contribution in [1.82, 2.24) is 15.5 Å². The summed E-state index contributed by atoms with van der Waals surface area (Å²) >= 11 is 0. The predicted molar refractivity (Wildman–Crippen MR) is 86.4 cm³/mol. The summed E-state index contributed by atoms with van der Waals surface area (Å²) in [7, 11) is 1.93. The van der Waals surface area contributed by atoms with Gasteiger partial charge in [0.1, 0.15) is 0 Å². The molecule has 1 aromatic rings. The number of carbonyl (C=O) groups excluding carboxylic acids is 2. The highest BCUT2D eigenvalue weighted by molar-refractivity contribution is 5.80. The fraction of sp³-hybridized carbons (Fsp3) is 0.529. The number of benzene rings is 1. The third-order valence-corrected chi connectivity index (χ3v) is 4.05. The fourth-order valence-electron chi connectivity index (χ4n) is 2.75. The van der Waals surface area contributed by atoms with Crippen LogP contribution in [0, 0.1) is 0 Å². The molecule has 5 nitrogen and oxygen atoms in total. The summed E-state index contributed by atoms with van der Waals surface area (Å²) in [6, 6.07) is 10.0. The number of carbonyl (C=O) groups is 2. The first-order valence-electron chi connectivity index (χ1n) is 7.94. The van der Waals surface area contributed by atoms with Gasteiger partial charge >= 0.3 is 0 Å². The van der Waals surface area contributed by atoms with Gasteiger partial charge in [0.25, 0.3) is 0 Å². The summed E-state index contributed by atoms with van der Waals surface area (Å²) < 4.78 is 0. The molecule has 0 saturated carbocycles. The number of hydrogen-bond donors (Lipinski definition) is 2. The molecule has 1 aliphatic rings. The van der Waals surface area contributed by atoms with Crippen LogP contribution in [0.4, 0.5) is 0 Å². The largest absolute Gasteiger partial charge is 0.355 e. The highest BCUT2D eigenvalue weighted by Gasteiger charge is 2.22. The van der Waals surface area contributed by atoms with E-state index in [-0.39, 0.29) is 11.8 Å². The van der Waals surface area contributed by atoms with E-state index in [1.807, 2.05) is 42.3 Å². The number of likely N-dealkylation sites (N-methyl/N-ethyl adjacent to an activating group) is 1. The van der Waals surface area contributed by atoms with E-state index in [1.165, 1.54) is 0 Å². The van der Waals surface area contributed by atoms with E-state index in [1.54, 1.807) is 0 Å². The molecule has 1 saturated heterocycles. The fourth-order valence-corrected chi connectivity index (χ4v) is 2.75. The normalized spacial score (nSPS) is 18.0. The van der Waals surface area contributed by atoms with E-state index in [4.69, 9.17) is 0 Å². The summed E-state index contributed by atoms with van der Waals surface area (Å²) in [6.07, 6.45) is 2.89. The van der Waals surface area contributed by atoms with Crippen molar-refractivity contribution < 1.29 is 9.59 Å². The summed E-state index contributed by atoms with van der Waals surface area (Å²) in [6.45, 7) is 2.01. The number of likely N-dealkylation sites (tertiary alicyclic amines) is 1. The predicted octanol–water partition coefficient (Wildman–Crippen LogP) is 0.946. The standard InChI is InChI=1S/C17H25N3O2/c1-18-15-8-5-11-20(13-15)17(22)9-10-19-16(21)12-14-6-3-2-4-7-14/h2-4,6-7,15,18H,5,8-13H2,1H3,(H,19,21). The van der Waals surface area contributed by atoms with Crippen molar-refractivity contribution in [3.05, 3.63) is 35.9 Å². The Morgan fingerprint density at radius 2 is 2.05 bits per heavy atom. The Bertz CT molecular complexity index is 490. The summed E-state index contributed by atoms with van der Waals surface area (Å²) in [5, 5.41) is 6.05. The van der Waals surface area contributed by atoms with Crippen LogP contribution in [0.3, 0.4) is 0 Å². The van der Waals surface area contributed by atoms with E-state index in [0.717, 1.165) is 31.5 Å². The van der Waals surface area contributed by atoms with Crippen LogP contribution in [0.5, 0.6) is 0 Å². The summed E-state index contributed by atoms with van der Waals surface area (Å²) in [4.78, 5) is 25.9. The minimum Gasteiger partial charge on any atom is -0.355 e. The Hall–Kier alpha value is -1.88. The Morgan fingerprint density at radius 1 is 1.27 bits per heavy atom. The number of hydrogen-bond acceptors (Lipinski definition) is 3. The summed E-state index contributed by atoms with van der Waals surface area (Å²) in [5.74, 6) is 0.0886. The Balaban J connectivity index is 1.67. The lowest BCUT2D eigenvalue weighted by molar-refractivity contribution is -0.132. The number of nitrogens with zero attached hydrogens (tertiary/aromatic N) is 1. The van der Waals surface area contributed by atoms with Gasteiger partial charge in [-0.2, -0.15) is 0 Å². The van der Waals surface area contributed by atoms with E-state index in [9.17, 15) is 9.59 Å². The van der Waals surface area contributed by atoms with Gasteiger partial charge in [0, 0.05) is 32.1 Å². The molecule has 1 fully saturated rings. The molecule has 0 aliphatic carbocycles. The van der Waals surface area contributed by atoms with Crippen LogP contribution in [0.25, 0.3) is 0 Å². The molecule has 2 rings (SSSR count). The van der Waals surface area contributed by atoms with Crippen molar-refractivity contribution in [3.63, 3.8) is 0 Å². The first-order valence-corrected chi connectivity index (χ1v) is 7.94. The third-order valence-electron chi connectivity index (χ3n) is 4.05. The van der Waals surface area contributed by atoms with Crippen LogP contribution in [-0.2, 0) is 16.0 Å². The average molecular weight is 303 g/mol. The molecular weight excluding hydrogens is 278 g/mol. The van der Waals surface area contributed by atoms with Gasteiger partial charge in [-0.25, -0.2) is 0 Å². The molecule has 5 heteroatoms. The van der Waals surface area contributed by atoms with Crippen molar-refractivity contribution >= 4 is 11.8 Å². The molecule has 1 heterocycles. The van der Waals surface area contributed by atoms with Gasteiger partial charge in [0.2, 0.25) is 11.8 Å². The van der Waals surface area contributed by atoms with E-state index in [2.05, 4.69) is 10.6 Å². The minimum absolute atomic E-state index is 0.0363. The van der Waals surface area contributed by atoms with Gasteiger partial charge in [0.05, 0.1) is 6.42 Å². The monoisotopic (exact) mass is 303 g/mol. The zero-order valence-corrected chi connectivity index (χ0v) is 13.2. The zero-order valence-electron chi connectivity index (χ0n) is 13.2. The van der Waals surface area contributed by atoms with Gasteiger partial charge in [0.15, 0.2) is 0 Å². The molecule has 0 radical (unpaired) electrons. The van der Waals surface area contributed by atoms with Crippen molar-refractivity contribution in [2.24, 2.45) is 0 Å². The lowest BCUT2D eigenvalue weighted by Crippen LogP contribution is -2.47. The lowest BCUT2D eigenvalue weighted by atomic mass is 10.1. The van der Waals surface area contributed by atoms with Crippen LogP contribution in [0.1, 0.15) is 24.8 Å². The van der Waals surface area contributed by atoms with Crippen LogP contribution < -0.4 is 10.6 Å². The zero-order chi connectivity index (χ0) is 15.8. The number of amides is 2. The first kappa shape index (κ1) is 16.5. The van der Waals surface area contributed by atoms with Crippen molar-refractivity contribution in [2.45, 2.75) is 31.7 Å². The molecule has 0 bridgehead atoms. The quantitative estimate of drug-likeness (QED) is 0.822. The maximum Gasteiger partial charge on any atom is 0.224 e. The van der Waals surface area contributed by atoms with Gasteiger partial charge < -0.3 is 15.5 Å². The van der Waals surface area contributed by atoms with Crippen LogP contribution >= 0.6 is 0 Å². The van der Waals surface area contributed by atoms with Crippen LogP contribution in [0.15, 0.2) is 30.3 Å². The average Bonchev–Trinajstić information content (AvgIpc) is 2.55. The van der Waals surface area contributed by atoms with Crippen LogP contribution in [0.2, 0.25) is 0 Å². The number of piperidine rings is 1. The molecule has 1 aromatic carbocycles. The van der Waals surface area contributed by atoms with Gasteiger partial charge in [-0.15, -0.1) is 0 Å². The number of rotatable bonds is 6. The number of nitrogens with one attached hydrogen (secondary N) is 2. The minimum atomic E-state index is -0.0363. The Kier molecular flexibility index (Phi) is 6.40. The molecule has 1 atom stereocenters. The molecule has 120 valence electrons. The molecular formula is C17H25N3O2. The highest BCUT2D eigenvalue weighted by Crippen LogP contribution is 2.10. The molecule has 1 unspecified atom stereocenters. The van der Waals surface area contributed by atoms with Gasteiger partial charge in [-0.1, -0.05) is 30.3 Å². The molecule has 2 amide bonds.